The van der Waals surface area contributed by atoms with Gasteiger partial charge in [0.05, 0.1) is 73.9 Å². The van der Waals surface area contributed by atoms with Gasteiger partial charge in [-0.1, -0.05) is 0 Å². The van der Waals surface area contributed by atoms with E-state index in [2.05, 4.69) is 24.9 Å². The standard InChI is InChI=1S/C59H63F3N14O12S2/c1-59(2,3)88-58(79)70-22-16-38(17-23-70)74-36-67-45-13-11-40(29-43(45)57(74)78)72(55-53(61)48(85-8)32-49(86-9)54(55)62)34-51-65-21-25-76(51)90(82,83)69(6)26-27-87-41-30-46(52(60)47(31-41)84-7)71(33-50-64-20-24-75(50)89(80,81)68(4)5)39-10-12-44-42(28-39)56(77)73(35-66-44)37-14-18-63-19-15-37/h10-15,18-21,24-25,28-32,35-36,38H,16-17,22-23,26-27,33-34H2,1-9H3. The maximum Gasteiger partial charge on any atom is 0.410 e. The van der Waals surface area contributed by atoms with E-state index >= 15 is 13.2 Å². The van der Waals surface area contributed by atoms with Crippen LogP contribution in [0.1, 0.15) is 51.3 Å². The molecule has 0 spiro atoms. The number of hydrogen-bond donors (Lipinski definition) is 0. The molecule has 10 rings (SSSR count). The highest BCUT2D eigenvalue weighted by Gasteiger charge is 2.33. The SMILES string of the molecule is COc1cc(OCCN(C)S(=O)(=O)n2ccnc2CN(c2ccc3ncn(C4CCN(C(=O)OC(C)(C)C)CC4)c(=O)c3c2)c2c(F)c(OC)cc(OC)c2F)cc(N(Cc2nccn2S(=O)(=O)N(C)C)c2ccc3ncn(-c4ccncc4)c(=O)c3c2)c1F. The van der Waals surface area contributed by atoms with Crippen LogP contribution >= 0.6 is 0 Å². The minimum absolute atomic E-state index is 0.0131. The number of rotatable bonds is 21. The van der Waals surface area contributed by atoms with E-state index in [4.69, 9.17) is 23.7 Å². The number of likely N-dealkylation sites (tertiary alicyclic amines) is 1. The molecule has 4 aromatic carbocycles. The van der Waals surface area contributed by atoms with Gasteiger partial charge >= 0.3 is 26.5 Å². The molecule has 90 heavy (non-hydrogen) atoms. The molecule has 0 N–H and O–H groups in total. The number of piperidine rings is 1. The Kier molecular flexibility index (Phi) is 18.0. The van der Waals surface area contributed by atoms with Crippen molar-refractivity contribution in [1.29, 1.82) is 0 Å². The third kappa shape index (κ3) is 12.6. The largest absolute Gasteiger partial charge is 0.493 e. The first-order chi connectivity index (χ1) is 42.8. The number of pyridine rings is 1. The molecule has 0 aliphatic carbocycles. The Morgan fingerprint density at radius 2 is 1.20 bits per heavy atom. The van der Waals surface area contributed by atoms with Crippen molar-refractivity contribution >= 4 is 71.1 Å². The Labute approximate surface area is 514 Å². The maximum atomic E-state index is 17.0. The molecule has 0 radical (unpaired) electrons. The van der Waals surface area contributed by atoms with E-state index < -0.39 is 91.0 Å². The van der Waals surface area contributed by atoms with Gasteiger partial charge < -0.3 is 38.4 Å². The van der Waals surface area contributed by atoms with Crippen molar-refractivity contribution in [3.63, 3.8) is 0 Å². The fourth-order valence-corrected chi connectivity index (χ4v) is 12.3. The monoisotopic (exact) mass is 1280 g/mol. The maximum absolute atomic E-state index is 17.0. The van der Waals surface area contributed by atoms with Crippen molar-refractivity contribution in [1.82, 2.24) is 55.5 Å². The number of aromatic nitrogens is 9. The highest BCUT2D eigenvalue weighted by atomic mass is 32.2. The normalized spacial score (nSPS) is 13.3. The van der Waals surface area contributed by atoms with Crippen molar-refractivity contribution in [3.8, 4) is 28.7 Å². The van der Waals surface area contributed by atoms with Gasteiger partial charge in [-0.05, 0) is 82.1 Å². The third-order valence-electron chi connectivity index (χ3n) is 14.9. The number of methoxy groups -OCH3 is 3. The molecular weight excluding hydrogens is 1220 g/mol. The Morgan fingerprint density at radius 1 is 0.656 bits per heavy atom. The van der Waals surface area contributed by atoms with E-state index in [1.54, 1.807) is 49.9 Å². The summed E-state index contributed by atoms with van der Waals surface area (Å²) in [6.45, 7) is 4.09. The first-order valence-corrected chi connectivity index (χ1v) is 30.6. The second kappa shape index (κ2) is 25.5. The lowest BCUT2D eigenvalue weighted by Gasteiger charge is -2.34. The minimum Gasteiger partial charge on any atom is -0.493 e. The Morgan fingerprint density at radius 3 is 1.78 bits per heavy atom. The molecule has 1 aliphatic heterocycles. The molecule has 1 amide bonds. The van der Waals surface area contributed by atoms with E-state index in [1.165, 1.54) is 137 Å². The summed E-state index contributed by atoms with van der Waals surface area (Å²) in [5, 5.41) is 0.171. The first kappa shape index (κ1) is 63.4. The number of benzene rings is 4. The van der Waals surface area contributed by atoms with Crippen LogP contribution < -0.4 is 39.9 Å². The van der Waals surface area contributed by atoms with Crippen molar-refractivity contribution in [2.75, 3.05) is 78.5 Å². The summed E-state index contributed by atoms with van der Waals surface area (Å²) in [6.07, 6.45) is 10.9. The molecule has 6 heterocycles. The fraction of sp³-hybridized carbons (Fsp3) is 0.322. The quantitative estimate of drug-likeness (QED) is 0.0681. The van der Waals surface area contributed by atoms with Crippen LogP contribution in [0.3, 0.4) is 0 Å². The van der Waals surface area contributed by atoms with Gasteiger partial charge in [0.25, 0.3) is 11.1 Å². The Balaban J connectivity index is 0.950. The molecule has 5 aromatic heterocycles. The second-order valence-electron chi connectivity index (χ2n) is 21.8. The van der Waals surface area contributed by atoms with Gasteiger partial charge in [0, 0.05) is 114 Å². The molecule has 0 bridgehead atoms. The van der Waals surface area contributed by atoms with Crippen molar-refractivity contribution in [2.24, 2.45) is 0 Å². The molecule has 1 aliphatic rings. The summed E-state index contributed by atoms with van der Waals surface area (Å²) in [5.41, 5.74) is -1.44. The Hall–Kier alpha value is -9.59. The van der Waals surface area contributed by atoms with Crippen LogP contribution in [0.25, 0.3) is 27.5 Å². The third-order valence-corrected chi connectivity index (χ3v) is 18.4. The zero-order valence-corrected chi connectivity index (χ0v) is 51.9. The number of ether oxygens (including phenoxy) is 5. The first-order valence-electron chi connectivity index (χ1n) is 27.9. The van der Waals surface area contributed by atoms with Gasteiger partial charge in [0.15, 0.2) is 34.7 Å². The van der Waals surface area contributed by atoms with E-state index in [0.29, 0.717) is 37.1 Å². The molecular formula is C59H63F3N14O12S2. The predicted octanol–water partition coefficient (Wildman–Crippen LogP) is 7.33. The topological polar surface area (TPSA) is 266 Å². The number of nitrogens with zero attached hydrogens (tertiary/aromatic N) is 14. The highest BCUT2D eigenvalue weighted by Crippen LogP contribution is 2.42. The molecule has 474 valence electrons. The van der Waals surface area contributed by atoms with E-state index in [1.807, 2.05) is 0 Å². The second-order valence-corrected chi connectivity index (χ2v) is 25.8. The van der Waals surface area contributed by atoms with Crippen LogP contribution in [0.5, 0.6) is 23.0 Å². The number of fused-ring (bicyclic) bond motifs is 2. The highest BCUT2D eigenvalue weighted by molar-refractivity contribution is 7.87. The summed E-state index contributed by atoms with van der Waals surface area (Å²) in [5.74, 6) is -4.86. The Bertz CT molecular complexity index is 4510. The average Bonchev–Trinajstić information content (AvgIpc) is 1.18. The lowest BCUT2D eigenvalue weighted by molar-refractivity contribution is 0.0187. The molecule has 26 nitrogen and oxygen atoms in total. The van der Waals surface area contributed by atoms with Gasteiger partial charge in [0.2, 0.25) is 0 Å². The molecule has 31 heteroatoms. The van der Waals surface area contributed by atoms with Crippen LogP contribution in [0.2, 0.25) is 0 Å². The minimum atomic E-state index is -4.63. The van der Waals surface area contributed by atoms with Gasteiger partial charge in [-0.3, -0.25) is 23.7 Å². The zero-order valence-electron chi connectivity index (χ0n) is 50.3. The number of hydrogen-bond acceptors (Lipinski definition) is 19. The number of imidazole rings is 2. The smallest absolute Gasteiger partial charge is 0.410 e. The molecule has 1 fully saturated rings. The van der Waals surface area contributed by atoms with Crippen molar-refractivity contribution in [3.05, 3.63) is 166 Å². The van der Waals surface area contributed by atoms with E-state index in [9.17, 15) is 31.2 Å². The summed E-state index contributed by atoms with van der Waals surface area (Å²) < 4.78 is 141. The number of carbonyl (C=O) groups excluding carboxylic acids is 1. The number of anilines is 4. The lowest BCUT2D eigenvalue weighted by atomic mass is 10.0. The van der Waals surface area contributed by atoms with E-state index in [0.717, 1.165) is 33.7 Å². The molecule has 1 saturated heterocycles. The lowest BCUT2D eigenvalue weighted by Crippen LogP contribution is -2.43. The number of amides is 1. The fourth-order valence-electron chi connectivity index (χ4n) is 10.2. The van der Waals surface area contributed by atoms with Crippen LogP contribution in [-0.2, 0) is 38.2 Å². The zero-order chi connectivity index (χ0) is 64.6. The van der Waals surface area contributed by atoms with Crippen molar-refractivity contribution < 1.29 is 58.5 Å². The molecule has 0 atom stereocenters. The predicted molar refractivity (Wildman–Crippen MR) is 326 cm³/mol. The summed E-state index contributed by atoms with van der Waals surface area (Å²) in [4.78, 5) is 67.1. The number of halogens is 3. The van der Waals surface area contributed by atoms with Gasteiger partial charge in [0.1, 0.15) is 41.6 Å². The average molecular weight is 1280 g/mol. The molecule has 0 unspecified atom stereocenters. The summed E-state index contributed by atoms with van der Waals surface area (Å²) in [6, 6.07) is 15.3. The number of likely N-dealkylation sites (N-methyl/N-ethyl adjacent to an activating group) is 1. The van der Waals surface area contributed by atoms with Crippen LogP contribution in [0.4, 0.5) is 40.7 Å². The summed E-state index contributed by atoms with van der Waals surface area (Å²) >= 11 is 0. The van der Waals surface area contributed by atoms with Crippen LogP contribution in [-0.4, -0.2) is 153 Å². The van der Waals surface area contributed by atoms with Crippen molar-refractivity contribution in [2.45, 2.75) is 58.3 Å². The van der Waals surface area contributed by atoms with Gasteiger partial charge in [-0.2, -0.15) is 25.4 Å². The molecule has 0 saturated carbocycles. The van der Waals surface area contributed by atoms with Crippen LogP contribution in [0.15, 0.2) is 126 Å². The van der Waals surface area contributed by atoms with E-state index in [-0.39, 0.29) is 75.7 Å². The molecule has 9 aromatic rings. The van der Waals surface area contributed by atoms with Gasteiger partial charge in [-0.15, -0.1) is 0 Å². The summed E-state index contributed by atoms with van der Waals surface area (Å²) in [7, 11) is -1.34. The van der Waals surface area contributed by atoms with Gasteiger partial charge in [-0.25, -0.2) is 45.8 Å². The number of carbonyl (C=O) groups is 1. The van der Waals surface area contributed by atoms with Crippen LogP contribution in [0, 0.1) is 17.5 Å².